The summed E-state index contributed by atoms with van der Waals surface area (Å²) in [5, 5.41) is 10.4. The van der Waals surface area contributed by atoms with Gasteiger partial charge in [-0.1, -0.05) is 6.92 Å². The van der Waals surface area contributed by atoms with Gasteiger partial charge in [0.1, 0.15) is 0 Å². The molecule has 1 amide bonds. The van der Waals surface area contributed by atoms with Gasteiger partial charge in [0.25, 0.3) is 5.91 Å². The van der Waals surface area contributed by atoms with Crippen LogP contribution in [0.2, 0.25) is 0 Å². The van der Waals surface area contributed by atoms with Crippen LogP contribution in [0.3, 0.4) is 0 Å². The molecule has 1 aromatic rings. The van der Waals surface area contributed by atoms with E-state index < -0.39 is 5.97 Å². The molecule has 2 unspecified atom stereocenters. The summed E-state index contributed by atoms with van der Waals surface area (Å²) in [7, 11) is 0. The van der Waals surface area contributed by atoms with E-state index in [4.69, 9.17) is 5.11 Å². The van der Waals surface area contributed by atoms with Crippen LogP contribution < -0.4 is 0 Å². The highest BCUT2D eigenvalue weighted by Crippen LogP contribution is 2.25. The summed E-state index contributed by atoms with van der Waals surface area (Å²) in [6.45, 7) is 5.11. The Hall–Kier alpha value is -1.62. The molecule has 0 radical (unpaired) electrons. The third-order valence-electron chi connectivity index (χ3n) is 3.66. The number of carboxylic acids is 1. The number of likely N-dealkylation sites (tertiary alicyclic amines) is 1. The number of thiophene rings is 1. The van der Waals surface area contributed by atoms with Crippen molar-refractivity contribution in [2.24, 2.45) is 5.92 Å². The maximum absolute atomic E-state index is 12.5. The third kappa shape index (κ3) is 3.48. The van der Waals surface area contributed by atoms with E-state index in [1.54, 1.807) is 11.4 Å². The molecule has 1 N–H and O–H groups in total. The van der Waals surface area contributed by atoms with Crippen LogP contribution in [-0.2, 0) is 4.79 Å². The zero-order chi connectivity index (χ0) is 14.7. The fourth-order valence-electron chi connectivity index (χ4n) is 2.58. The van der Waals surface area contributed by atoms with Gasteiger partial charge in [-0.25, -0.2) is 4.79 Å². The molecule has 4 nitrogen and oxygen atoms in total. The predicted octanol–water partition coefficient (Wildman–Crippen LogP) is 3.11. The average Bonchev–Trinajstić information content (AvgIpc) is 2.84. The summed E-state index contributed by atoms with van der Waals surface area (Å²) in [6.07, 6.45) is 4.70. The van der Waals surface area contributed by atoms with Crippen molar-refractivity contribution in [3.63, 3.8) is 0 Å². The van der Waals surface area contributed by atoms with Crippen molar-refractivity contribution in [2.45, 2.75) is 32.7 Å². The van der Waals surface area contributed by atoms with E-state index in [-0.39, 0.29) is 11.9 Å². The lowest BCUT2D eigenvalue weighted by atomic mass is 9.93. The number of hydrogen-bond donors (Lipinski definition) is 1. The fourth-order valence-corrected chi connectivity index (χ4v) is 3.35. The standard InChI is InChI=1S/C15H19NO3S/c1-10-5-6-16(11(2)7-10)15(19)12-8-13(20-9-12)3-4-14(17)18/h3-4,8-11H,5-7H2,1-2H3,(H,17,18). The van der Waals surface area contributed by atoms with Gasteiger partial charge >= 0.3 is 5.97 Å². The van der Waals surface area contributed by atoms with Crippen molar-refractivity contribution >= 4 is 29.3 Å². The number of hydrogen-bond acceptors (Lipinski definition) is 3. The van der Waals surface area contributed by atoms with Gasteiger partial charge < -0.3 is 10.0 Å². The van der Waals surface area contributed by atoms with E-state index in [2.05, 4.69) is 13.8 Å². The van der Waals surface area contributed by atoms with E-state index in [1.165, 1.54) is 17.4 Å². The maximum atomic E-state index is 12.5. The van der Waals surface area contributed by atoms with Gasteiger partial charge in [-0.15, -0.1) is 11.3 Å². The van der Waals surface area contributed by atoms with Crippen molar-refractivity contribution in [3.8, 4) is 0 Å². The molecule has 0 aliphatic carbocycles. The van der Waals surface area contributed by atoms with Crippen molar-refractivity contribution in [2.75, 3.05) is 6.54 Å². The molecule has 2 rings (SSSR count). The van der Waals surface area contributed by atoms with Crippen LogP contribution in [0.5, 0.6) is 0 Å². The van der Waals surface area contributed by atoms with E-state index in [9.17, 15) is 9.59 Å². The highest BCUT2D eigenvalue weighted by Gasteiger charge is 2.27. The first kappa shape index (κ1) is 14.8. The first-order valence-corrected chi connectivity index (χ1v) is 7.66. The second-order valence-electron chi connectivity index (χ2n) is 5.39. The Balaban J connectivity index is 2.08. The van der Waals surface area contributed by atoms with E-state index in [1.807, 2.05) is 4.90 Å². The summed E-state index contributed by atoms with van der Waals surface area (Å²) >= 11 is 1.39. The van der Waals surface area contributed by atoms with Crippen LogP contribution in [0.15, 0.2) is 17.5 Å². The van der Waals surface area contributed by atoms with Crippen LogP contribution in [-0.4, -0.2) is 34.5 Å². The molecule has 0 bridgehead atoms. The highest BCUT2D eigenvalue weighted by molar-refractivity contribution is 7.11. The Morgan fingerprint density at radius 2 is 2.20 bits per heavy atom. The minimum Gasteiger partial charge on any atom is -0.478 e. The molecular formula is C15H19NO3S. The monoisotopic (exact) mass is 293 g/mol. The zero-order valence-electron chi connectivity index (χ0n) is 11.7. The first-order valence-electron chi connectivity index (χ1n) is 6.78. The van der Waals surface area contributed by atoms with Crippen LogP contribution >= 0.6 is 11.3 Å². The van der Waals surface area contributed by atoms with Crippen LogP contribution in [0.4, 0.5) is 0 Å². The molecule has 0 aromatic carbocycles. The molecule has 1 fully saturated rings. The Bertz CT molecular complexity index is 535. The smallest absolute Gasteiger partial charge is 0.328 e. The van der Waals surface area contributed by atoms with E-state index in [0.717, 1.165) is 30.3 Å². The zero-order valence-corrected chi connectivity index (χ0v) is 12.5. The average molecular weight is 293 g/mol. The first-order chi connectivity index (χ1) is 9.47. The van der Waals surface area contributed by atoms with Gasteiger partial charge in [0.2, 0.25) is 0 Å². The third-order valence-corrected chi connectivity index (χ3v) is 4.55. The lowest BCUT2D eigenvalue weighted by molar-refractivity contribution is -0.131. The van der Waals surface area contributed by atoms with Gasteiger partial charge in [-0.3, -0.25) is 4.79 Å². The quantitative estimate of drug-likeness (QED) is 0.871. The summed E-state index contributed by atoms with van der Waals surface area (Å²) in [4.78, 5) is 25.6. The molecule has 108 valence electrons. The SMILES string of the molecule is CC1CCN(C(=O)c2csc(C=CC(=O)O)c2)C(C)C1. The fraction of sp³-hybridized carbons (Fsp3) is 0.467. The summed E-state index contributed by atoms with van der Waals surface area (Å²) in [6, 6.07) is 2.03. The summed E-state index contributed by atoms with van der Waals surface area (Å²) in [5.41, 5.74) is 0.654. The van der Waals surface area contributed by atoms with Gasteiger partial charge in [-0.2, -0.15) is 0 Å². The Morgan fingerprint density at radius 3 is 2.85 bits per heavy atom. The van der Waals surface area contributed by atoms with Crippen LogP contribution in [0.1, 0.15) is 41.9 Å². The maximum Gasteiger partial charge on any atom is 0.328 e. The number of carbonyl (C=O) groups excluding carboxylic acids is 1. The van der Waals surface area contributed by atoms with Crippen molar-refractivity contribution in [3.05, 3.63) is 28.0 Å². The van der Waals surface area contributed by atoms with Crippen LogP contribution in [0.25, 0.3) is 6.08 Å². The molecule has 2 atom stereocenters. The molecule has 2 heterocycles. The van der Waals surface area contributed by atoms with E-state index in [0.29, 0.717) is 11.5 Å². The van der Waals surface area contributed by atoms with Crippen molar-refractivity contribution < 1.29 is 14.7 Å². The predicted molar refractivity (Wildman–Crippen MR) is 79.9 cm³/mol. The number of piperidine rings is 1. The normalized spacial score (nSPS) is 23.2. The lowest BCUT2D eigenvalue weighted by Crippen LogP contribution is -2.44. The molecule has 20 heavy (non-hydrogen) atoms. The molecule has 1 aliphatic rings. The molecule has 1 aromatic heterocycles. The van der Waals surface area contributed by atoms with Gasteiger partial charge in [0.15, 0.2) is 0 Å². The van der Waals surface area contributed by atoms with Crippen molar-refractivity contribution in [1.29, 1.82) is 0 Å². The van der Waals surface area contributed by atoms with Gasteiger partial charge in [0.05, 0.1) is 5.56 Å². The molecule has 0 saturated carbocycles. The molecule has 5 heteroatoms. The largest absolute Gasteiger partial charge is 0.478 e. The van der Waals surface area contributed by atoms with Crippen molar-refractivity contribution in [1.82, 2.24) is 4.90 Å². The molecule has 0 spiro atoms. The number of carbonyl (C=O) groups is 2. The number of amides is 1. The van der Waals surface area contributed by atoms with E-state index >= 15 is 0 Å². The van der Waals surface area contributed by atoms with Gasteiger partial charge in [0, 0.05) is 28.9 Å². The number of carboxylic acid groups (broad SMARTS) is 1. The summed E-state index contributed by atoms with van der Waals surface area (Å²) in [5.74, 6) is -0.258. The minimum absolute atomic E-state index is 0.0515. The minimum atomic E-state index is -0.982. The number of rotatable bonds is 3. The highest BCUT2D eigenvalue weighted by atomic mass is 32.1. The van der Waals surface area contributed by atoms with Gasteiger partial charge in [-0.05, 0) is 37.8 Å². The molecule has 1 aliphatic heterocycles. The lowest BCUT2D eigenvalue weighted by Gasteiger charge is -2.36. The van der Waals surface area contributed by atoms with Crippen LogP contribution in [0, 0.1) is 5.92 Å². The number of nitrogens with zero attached hydrogens (tertiary/aromatic N) is 1. The number of aliphatic carboxylic acids is 1. The Morgan fingerprint density at radius 1 is 1.45 bits per heavy atom. The second-order valence-corrected chi connectivity index (χ2v) is 6.33. The molecular weight excluding hydrogens is 274 g/mol. The Labute approximate surface area is 122 Å². The molecule has 1 saturated heterocycles. The summed E-state index contributed by atoms with van der Waals surface area (Å²) < 4.78 is 0. The second kappa shape index (κ2) is 6.22. The topological polar surface area (TPSA) is 57.6 Å². The Kier molecular flexibility index (Phi) is 4.60.